The number of hydrogen-bond acceptors (Lipinski definition) is 0. The molecule has 0 aliphatic heterocycles. The number of halogens is 1. The van der Waals surface area contributed by atoms with E-state index in [4.69, 9.17) is 0 Å². The van der Waals surface area contributed by atoms with E-state index in [1.54, 1.807) is 6.08 Å². The van der Waals surface area contributed by atoms with Gasteiger partial charge < -0.3 is 0 Å². The molecule has 0 aromatic carbocycles. The van der Waals surface area contributed by atoms with Crippen LogP contribution in [0.1, 0.15) is 6.92 Å². The highest BCUT2D eigenvalue weighted by Crippen LogP contribution is 2.00. The molecule has 0 N–H and O–H groups in total. The van der Waals surface area contributed by atoms with Crippen molar-refractivity contribution in [3.8, 4) is 0 Å². The van der Waals surface area contributed by atoms with E-state index in [1.807, 2.05) is 25.2 Å². The zero-order chi connectivity index (χ0) is 6.41. The fourth-order valence-electron chi connectivity index (χ4n) is 0.267. The number of allylic oxidation sites excluding steroid dienone is 5. The van der Waals surface area contributed by atoms with Gasteiger partial charge in [-0.25, -0.2) is 0 Å². The quantitative estimate of drug-likeness (QED) is 0.563. The molecule has 0 aromatic rings. The molecule has 0 fully saturated rings. The molecule has 0 rings (SSSR count). The van der Waals surface area contributed by atoms with E-state index < -0.39 is 0 Å². The van der Waals surface area contributed by atoms with Crippen LogP contribution in [0.5, 0.6) is 0 Å². The molecular formula is C7H9Br. The Morgan fingerprint density at radius 3 is 2.50 bits per heavy atom. The van der Waals surface area contributed by atoms with Gasteiger partial charge in [0.2, 0.25) is 0 Å². The molecule has 0 nitrogen and oxygen atoms in total. The molecule has 0 spiro atoms. The summed E-state index contributed by atoms with van der Waals surface area (Å²) in [5, 5.41) is 0. The maximum atomic E-state index is 3.53. The average Bonchev–Trinajstić information content (AvgIpc) is 1.66. The summed E-state index contributed by atoms with van der Waals surface area (Å²) in [7, 11) is 0. The Balaban J connectivity index is 3.57. The molecule has 0 aliphatic carbocycles. The second-order valence-corrected chi connectivity index (χ2v) is 2.62. The lowest BCUT2D eigenvalue weighted by atomic mass is 10.4. The summed E-state index contributed by atoms with van der Waals surface area (Å²) < 4.78 is 1.12. The SMILES string of the molecule is C=C/C=C\C=C(/C)Br. The second-order valence-electron chi connectivity index (χ2n) is 1.37. The van der Waals surface area contributed by atoms with Crippen molar-refractivity contribution in [1.82, 2.24) is 0 Å². The predicted molar refractivity (Wildman–Crippen MR) is 42.0 cm³/mol. The lowest BCUT2D eigenvalue weighted by Crippen LogP contribution is -1.51. The molecule has 0 saturated heterocycles. The Morgan fingerprint density at radius 2 is 2.12 bits per heavy atom. The van der Waals surface area contributed by atoms with E-state index >= 15 is 0 Å². The third-order valence-corrected chi connectivity index (χ3v) is 0.837. The van der Waals surface area contributed by atoms with Crippen molar-refractivity contribution in [2.24, 2.45) is 0 Å². The van der Waals surface area contributed by atoms with Crippen molar-refractivity contribution in [2.45, 2.75) is 6.92 Å². The van der Waals surface area contributed by atoms with Gasteiger partial charge >= 0.3 is 0 Å². The number of hydrogen-bond donors (Lipinski definition) is 0. The van der Waals surface area contributed by atoms with Gasteiger partial charge in [-0.05, 0) is 11.4 Å². The first-order valence-corrected chi connectivity index (χ1v) is 3.18. The van der Waals surface area contributed by atoms with Gasteiger partial charge in [0, 0.05) is 0 Å². The Labute approximate surface area is 58.7 Å². The van der Waals surface area contributed by atoms with Crippen LogP contribution in [0, 0.1) is 0 Å². The van der Waals surface area contributed by atoms with Crippen molar-refractivity contribution in [3.63, 3.8) is 0 Å². The number of rotatable bonds is 2. The first-order chi connectivity index (χ1) is 3.77. The van der Waals surface area contributed by atoms with E-state index in [9.17, 15) is 0 Å². The molecular weight excluding hydrogens is 164 g/mol. The standard InChI is InChI=1S/C7H9Br/c1-3-4-5-6-7(2)8/h3-6H,1H2,2H3/b5-4-,7-6+. The van der Waals surface area contributed by atoms with Crippen LogP contribution in [-0.4, -0.2) is 0 Å². The van der Waals surface area contributed by atoms with E-state index in [0.29, 0.717) is 0 Å². The summed E-state index contributed by atoms with van der Waals surface area (Å²) >= 11 is 3.28. The highest BCUT2D eigenvalue weighted by molar-refractivity contribution is 9.11. The Kier molecular flexibility index (Phi) is 4.67. The summed E-state index contributed by atoms with van der Waals surface area (Å²) in [5.74, 6) is 0. The van der Waals surface area contributed by atoms with E-state index in [0.717, 1.165) is 4.48 Å². The first-order valence-electron chi connectivity index (χ1n) is 2.39. The topological polar surface area (TPSA) is 0 Å². The van der Waals surface area contributed by atoms with Crippen molar-refractivity contribution < 1.29 is 0 Å². The third kappa shape index (κ3) is 5.70. The maximum absolute atomic E-state index is 3.53. The highest BCUT2D eigenvalue weighted by atomic mass is 79.9. The van der Waals surface area contributed by atoms with Crippen molar-refractivity contribution in [1.29, 1.82) is 0 Å². The lowest BCUT2D eigenvalue weighted by molar-refractivity contribution is 1.69. The van der Waals surface area contributed by atoms with Crippen LogP contribution < -0.4 is 0 Å². The van der Waals surface area contributed by atoms with Gasteiger partial charge in [0.15, 0.2) is 0 Å². The van der Waals surface area contributed by atoms with Crippen LogP contribution in [0.4, 0.5) is 0 Å². The van der Waals surface area contributed by atoms with E-state index in [2.05, 4.69) is 22.5 Å². The smallest absolute Gasteiger partial charge is 0.00804 e. The Morgan fingerprint density at radius 1 is 1.50 bits per heavy atom. The zero-order valence-electron chi connectivity index (χ0n) is 4.89. The molecule has 0 aromatic heterocycles. The molecule has 0 amide bonds. The lowest BCUT2D eigenvalue weighted by Gasteiger charge is -1.76. The van der Waals surface area contributed by atoms with Gasteiger partial charge in [0.05, 0.1) is 0 Å². The summed E-state index contributed by atoms with van der Waals surface area (Å²) in [5.41, 5.74) is 0. The fraction of sp³-hybridized carbons (Fsp3) is 0.143. The summed E-state index contributed by atoms with van der Waals surface area (Å²) in [6.45, 7) is 5.51. The molecule has 8 heavy (non-hydrogen) atoms. The minimum absolute atomic E-state index is 1.12. The molecule has 0 radical (unpaired) electrons. The van der Waals surface area contributed by atoms with Gasteiger partial charge in [0.1, 0.15) is 0 Å². The molecule has 0 saturated carbocycles. The first kappa shape index (κ1) is 7.70. The zero-order valence-corrected chi connectivity index (χ0v) is 6.48. The molecule has 0 unspecified atom stereocenters. The van der Waals surface area contributed by atoms with Crippen LogP contribution in [0.2, 0.25) is 0 Å². The van der Waals surface area contributed by atoms with Crippen molar-refractivity contribution in [3.05, 3.63) is 35.4 Å². The van der Waals surface area contributed by atoms with Gasteiger partial charge in [-0.15, -0.1) is 0 Å². The van der Waals surface area contributed by atoms with Crippen LogP contribution in [0.25, 0.3) is 0 Å². The molecule has 0 bridgehead atoms. The fourth-order valence-corrected chi connectivity index (χ4v) is 0.419. The van der Waals surface area contributed by atoms with Gasteiger partial charge in [-0.1, -0.05) is 46.8 Å². The van der Waals surface area contributed by atoms with E-state index in [1.165, 1.54) is 0 Å². The summed E-state index contributed by atoms with van der Waals surface area (Å²) in [4.78, 5) is 0. The van der Waals surface area contributed by atoms with Crippen LogP contribution in [-0.2, 0) is 0 Å². The third-order valence-electron chi connectivity index (χ3n) is 0.573. The Bertz CT molecular complexity index is 116. The minimum Gasteiger partial charge on any atom is -0.0991 e. The molecule has 44 valence electrons. The maximum Gasteiger partial charge on any atom is -0.00804 e. The van der Waals surface area contributed by atoms with Crippen LogP contribution in [0.15, 0.2) is 35.4 Å². The molecule has 0 aliphatic rings. The van der Waals surface area contributed by atoms with E-state index in [-0.39, 0.29) is 0 Å². The summed E-state index contributed by atoms with van der Waals surface area (Å²) in [6, 6.07) is 0. The molecule has 0 heterocycles. The van der Waals surface area contributed by atoms with Gasteiger partial charge in [0.25, 0.3) is 0 Å². The van der Waals surface area contributed by atoms with Crippen LogP contribution in [0.3, 0.4) is 0 Å². The van der Waals surface area contributed by atoms with Crippen molar-refractivity contribution >= 4 is 15.9 Å². The molecule has 0 atom stereocenters. The monoisotopic (exact) mass is 172 g/mol. The predicted octanol–water partition coefficient (Wildman–Crippen LogP) is 3.03. The molecule has 1 heteroatoms. The van der Waals surface area contributed by atoms with Gasteiger partial charge in [-0.3, -0.25) is 0 Å². The average molecular weight is 173 g/mol. The highest BCUT2D eigenvalue weighted by Gasteiger charge is 1.68. The minimum atomic E-state index is 1.12. The summed E-state index contributed by atoms with van der Waals surface area (Å²) in [6.07, 6.45) is 7.51. The normalized spacial score (nSPS) is 12.5. The van der Waals surface area contributed by atoms with Crippen LogP contribution >= 0.6 is 15.9 Å². The second kappa shape index (κ2) is 4.85. The van der Waals surface area contributed by atoms with Crippen molar-refractivity contribution in [2.75, 3.05) is 0 Å². The Hall–Kier alpha value is -0.300. The largest absolute Gasteiger partial charge is 0.0991 e. The van der Waals surface area contributed by atoms with Gasteiger partial charge in [-0.2, -0.15) is 0 Å².